The molecule has 32 heavy (non-hydrogen) atoms. The van der Waals surface area contributed by atoms with Gasteiger partial charge in [0.2, 0.25) is 17.7 Å². The van der Waals surface area contributed by atoms with Gasteiger partial charge < -0.3 is 5.32 Å². The number of carbonyl (C=O) groups is 3. The van der Waals surface area contributed by atoms with Crippen LogP contribution in [0.1, 0.15) is 33.6 Å². The van der Waals surface area contributed by atoms with Gasteiger partial charge in [0, 0.05) is 23.2 Å². The number of nitrogens with one attached hydrogen (secondary N) is 2. The maximum atomic E-state index is 13.1. The van der Waals surface area contributed by atoms with E-state index in [0.717, 1.165) is 16.2 Å². The second kappa shape index (κ2) is 7.66. The molecule has 1 aromatic carbocycles. The molecule has 4 rings (SSSR count). The molecule has 11 heteroatoms. The third kappa shape index (κ3) is 3.58. The van der Waals surface area contributed by atoms with Crippen LogP contribution in [0.25, 0.3) is 0 Å². The lowest BCUT2D eigenvalue weighted by Crippen LogP contribution is -2.60. The van der Waals surface area contributed by atoms with Gasteiger partial charge >= 0.3 is 0 Å². The molecule has 2 heterocycles. The fraction of sp³-hybridized carbons (Fsp3) is 0.429. The van der Waals surface area contributed by atoms with Crippen LogP contribution in [0.5, 0.6) is 0 Å². The van der Waals surface area contributed by atoms with Gasteiger partial charge in [-0.1, -0.05) is 20.8 Å². The van der Waals surface area contributed by atoms with E-state index < -0.39 is 26.8 Å². The molecule has 2 bridgehead atoms. The number of benzene rings is 1. The molecule has 2 N–H and O–H groups in total. The number of fused-ring (bicyclic) bond motifs is 2. The van der Waals surface area contributed by atoms with E-state index in [2.05, 4.69) is 15.0 Å². The van der Waals surface area contributed by atoms with E-state index in [1.54, 1.807) is 5.38 Å². The molecule has 3 amide bonds. The summed E-state index contributed by atoms with van der Waals surface area (Å²) in [4.78, 5) is 43.5. The van der Waals surface area contributed by atoms with E-state index in [0.29, 0.717) is 18.5 Å². The fourth-order valence-corrected chi connectivity index (χ4v) is 6.35. The Bertz CT molecular complexity index is 1180. The molecule has 9 nitrogen and oxygen atoms in total. The molecular formula is C21H24N4O5S2. The maximum absolute atomic E-state index is 13.1. The molecule has 1 saturated heterocycles. The Morgan fingerprint density at radius 3 is 2.53 bits per heavy atom. The summed E-state index contributed by atoms with van der Waals surface area (Å²) in [7, 11) is -3.80. The normalized spacial score (nSPS) is 24.5. The molecule has 1 aliphatic carbocycles. The predicted octanol–water partition coefficient (Wildman–Crippen LogP) is 2.69. The molecule has 1 aliphatic heterocycles. The molecular weight excluding hydrogens is 452 g/mol. The number of nitrogens with zero attached hydrogens (tertiary/aromatic N) is 2. The molecule has 1 aromatic heterocycles. The number of imide groups is 1. The third-order valence-corrected chi connectivity index (χ3v) is 9.08. The summed E-state index contributed by atoms with van der Waals surface area (Å²) in [5, 5.41) is 4.53. The van der Waals surface area contributed by atoms with Crippen molar-refractivity contribution in [3.8, 4) is 0 Å². The van der Waals surface area contributed by atoms with Gasteiger partial charge in [-0.25, -0.2) is 13.4 Å². The average Bonchev–Trinajstić information content (AvgIpc) is 3.28. The zero-order valence-electron chi connectivity index (χ0n) is 17.9. The average molecular weight is 477 g/mol. The quantitative estimate of drug-likeness (QED) is 0.618. The molecule has 1 saturated carbocycles. The van der Waals surface area contributed by atoms with Gasteiger partial charge in [-0.15, -0.1) is 11.3 Å². The topological polar surface area (TPSA) is 126 Å². The lowest BCUT2D eigenvalue weighted by Gasteiger charge is -2.47. The van der Waals surface area contributed by atoms with Crippen LogP contribution in [-0.2, 0) is 24.4 Å². The van der Waals surface area contributed by atoms with Gasteiger partial charge in [-0.3, -0.25) is 24.0 Å². The van der Waals surface area contributed by atoms with E-state index in [4.69, 9.17) is 0 Å². The first-order valence-corrected chi connectivity index (χ1v) is 12.5. The number of aromatic nitrogens is 1. The summed E-state index contributed by atoms with van der Waals surface area (Å²) in [6, 6.07) is 5.60. The predicted molar refractivity (Wildman–Crippen MR) is 119 cm³/mol. The van der Waals surface area contributed by atoms with Crippen molar-refractivity contribution in [3.05, 3.63) is 35.8 Å². The number of amides is 3. The van der Waals surface area contributed by atoms with Crippen molar-refractivity contribution in [2.45, 2.75) is 38.5 Å². The maximum Gasteiger partial charge on any atom is 0.263 e. The highest BCUT2D eigenvalue weighted by molar-refractivity contribution is 7.93. The van der Waals surface area contributed by atoms with Crippen molar-refractivity contribution in [3.63, 3.8) is 0 Å². The van der Waals surface area contributed by atoms with Gasteiger partial charge in [0.05, 0.1) is 10.3 Å². The molecule has 0 spiro atoms. The summed E-state index contributed by atoms with van der Waals surface area (Å²) in [6.07, 6.45) is 2.75. The minimum atomic E-state index is -3.80. The largest absolute Gasteiger partial charge is 0.325 e. The van der Waals surface area contributed by atoms with E-state index in [1.807, 2.05) is 20.8 Å². The van der Waals surface area contributed by atoms with E-state index in [1.165, 1.54) is 30.5 Å². The number of carbonyl (C=O) groups excluding carboxylic acids is 3. The first-order valence-electron chi connectivity index (χ1n) is 10.1. The van der Waals surface area contributed by atoms with Crippen LogP contribution in [0.4, 0.5) is 10.8 Å². The zero-order valence-corrected chi connectivity index (χ0v) is 19.5. The number of thiazole rings is 1. The number of anilines is 2. The Morgan fingerprint density at radius 2 is 1.91 bits per heavy atom. The highest BCUT2D eigenvalue weighted by Gasteiger charge is 2.64. The van der Waals surface area contributed by atoms with Gasteiger partial charge in [0.15, 0.2) is 5.13 Å². The second-order valence-electron chi connectivity index (χ2n) is 8.89. The minimum Gasteiger partial charge on any atom is -0.325 e. The number of hydrogen-bond acceptors (Lipinski definition) is 7. The van der Waals surface area contributed by atoms with Crippen LogP contribution in [0, 0.1) is 16.7 Å². The Kier molecular flexibility index (Phi) is 5.36. The van der Waals surface area contributed by atoms with Gasteiger partial charge in [0.25, 0.3) is 10.0 Å². The molecule has 2 unspecified atom stereocenters. The van der Waals surface area contributed by atoms with Gasteiger partial charge in [-0.2, -0.15) is 0 Å². The Balaban J connectivity index is 1.43. The highest BCUT2D eigenvalue weighted by Crippen LogP contribution is 2.59. The lowest BCUT2D eigenvalue weighted by molar-refractivity contribution is -0.168. The van der Waals surface area contributed by atoms with Crippen molar-refractivity contribution >= 4 is 49.9 Å². The van der Waals surface area contributed by atoms with Crippen LogP contribution < -0.4 is 10.0 Å². The molecule has 2 fully saturated rings. The number of sulfonamides is 1. The summed E-state index contributed by atoms with van der Waals surface area (Å²) in [5.74, 6) is -1.43. The minimum absolute atomic E-state index is 0.0128. The van der Waals surface area contributed by atoms with Crippen molar-refractivity contribution in [1.29, 1.82) is 0 Å². The Labute approximate surface area is 190 Å². The van der Waals surface area contributed by atoms with Crippen LogP contribution in [0.3, 0.4) is 0 Å². The standard InChI is InChI=1S/C21H24N4O5S2/c1-20(2)15-8-9-21(20,3)18(28)25(17(15)27)12-16(26)23-13-4-6-14(7-5-13)32(29,30)24-19-22-10-11-31-19/h4-7,10-11,15H,8-9,12H2,1-3H3,(H,22,24)(H,23,26). The smallest absolute Gasteiger partial charge is 0.263 e. The summed E-state index contributed by atoms with van der Waals surface area (Å²) >= 11 is 1.16. The Morgan fingerprint density at radius 1 is 1.22 bits per heavy atom. The van der Waals surface area contributed by atoms with E-state index in [9.17, 15) is 22.8 Å². The molecule has 2 atom stereocenters. The monoisotopic (exact) mass is 476 g/mol. The molecule has 2 aromatic rings. The second-order valence-corrected chi connectivity index (χ2v) is 11.5. The van der Waals surface area contributed by atoms with Crippen LogP contribution in [0.15, 0.2) is 40.7 Å². The van der Waals surface area contributed by atoms with Gasteiger partial charge in [-0.05, 0) is 42.5 Å². The van der Waals surface area contributed by atoms with Crippen molar-refractivity contribution < 1.29 is 22.8 Å². The lowest BCUT2D eigenvalue weighted by atomic mass is 9.62. The molecule has 2 aliphatic rings. The summed E-state index contributed by atoms with van der Waals surface area (Å²) in [6.45, 7) is 5.38. The molecule has 170 valence electrons. The van der Waals surface area contributed by atoms with Gasteiger partial charge in [0.1, 0.15) is 6.54 Å². The van der Waals surface area contributed by atoms with Crippen molar-refractivity contribution in [2.24, 2.45) is 16.7 Å². The molecule has 0 radical (unpaired) electrons. The van der Waals surface area contributed by atoms with Crippen molar-refractivity contribution in [2.75, 3.05) is 16.6 Å². The number of piperidine rings is 1. The van der Waals surface area contributed by atoms with Crippen molar-refractivity contribution in [1.82, 2.24) is 9.88 Å². The number of likely N-dealkylation sites (tertiary alicyclic amines) is 1. The number of hydrogen-bond donors (Lipinski definition) is 2. The highest BCUT2D eigenvalue weighted by atomic mass is 32.2. The Hall–Kier alpha value is -2.79. The number of rotatable bonds is 6. The van der Waals surface area contributed by atoms with Crippen LogP contribution >= 0.6 is 11.3 Å². The zero-order chi connectivity index (χ0) is 23.3. The van der Waals surface area contributed by atoms with Crippen LogP contribution in [0.2, 0.25) is 0 Å². The first-order chi connectivity index (χ1) is 15.0. The summed E-state index contributed by atoms with van der Waals surface area (Å²) < 4.78 is 27.2. The summed E-state index contributed by atoms with van der Waals surface area (Å²) in [5.41, 5.74) is -0.761. The van der Waals surface area contributed by atoms with E-state index in [-0.39, 0.29) is 34.3 Å². The third-order valence-electron chi connectivity index (χ3n) is 6.91. The van der Waals surface area contributed by atoms with Crippen LogP contribution in [-0.4, -0.2) is 42.6 Å². The first kappa shape index (κ1) is 22.4. The van der Waals surface area contributed by atoms with E-state index >= 15 is 0 Å². The fourth-order valence-electron chi connectivity index (χ4n) is 4.56. The SMILES string of the molecule is CC12CCC(C(=O)N(CC(=O)Nc3ccc(S(=O)(=O)Nc4nccs4)cc3)C1=O)C2(C)C.